The van der Waals surface area contributed by atoms with Crippen molar-refractivity contribution in [3.05, 3.63) is 29.6 Å². The predicted molar refractivity (Wildman–Crippen MR) is 77.7 cm³/mol. The van der Waals surface area contributed by atoms with Crippen LogP contribution in [0.5, 0.6) is 0 Å². The largest absolute Gasteiger partial charge is 0.376 e. The molecule has 2 aromatic rings. The summed E-state index contributed by atoms with van der Waals surface area (Å²) in [5.74, 6) is 1.37. The molecule has 1 aliphatic rings. The van der Waals surface area contributed by atoms with Crippen LogP contribution in [0.4, 0.5) is 0 Å². The summed E-state index contributed by atoms with van der Waals surface area (Å²) in [4.78, 5) is 4.64. The fourth-order valence-electron chi connectivity index (χ4n) is 2.95. The maximum absolute atomic E-state index is 6.07. The number of halogens is 1. The molecule has 1 fully saturated rings. The monoisotopic (exact) mass is 278 g/mol. The Kier molecular flexibility index (Phi) is 3.50. The molecule has 2 unspecified atom stereocenters. The summed E-state index contributed by atoms with van der Waals surface area (Å²) in [5, 5.41) is 0. The normalized spacial score (nSPS) is 21.1. The minimum absolute atomic E-state index is 0.278. The zero-order chi connectivity index (χ0) is 13.4. The van der Waals surface area contributed by atoms with Gasteiger partial charge in [-0.05, 0) is 44.4 Å². The molecule has 2 atom stereocenters. The fraction of sp³-hybridized carbons (Fsp3) is 0.533. The van der Waals surface area contributed by atoms with Gasteiger partial charge in [-0.3, -0.25) is 0 Å². The van der Waals surface area contributed by atoms with Gasteiger partial charge < -0.3 is 9.30 Å². The van der Waals surface area contributed by atoms with Crippen LogP contribution >= 0.6 is 11.6 Å². The smallest absolute Gasteiger partial charge is 0.125 e. The first-order valence-electron chi connectivity index (χ1n) is 6.85. The number of rotatable bonds is 3. The Balaban J connectivity index is 2.11. The Morgan fingerprint density at radius 2 is 2.37 bits per heavy atom. The van der Waals surface area contributed by atoms with Crippen molar-refractivity contribution in [3.8, 4) is 0 Å². The number of ether oxygens (including phenoxy) is 1. The van der Waals surface area contributed by atoms with Crippen LogP contribution in [0, 0.1) is 6.92 Å². The minimum atomic E-state index is 0.278. The van der Waals surface area contributed by atoms with Crippen molar-refractivity contribution in [3.63, 3.8) is 0 Å². The number of fused-ring (bicyclic) bond motifs is 1. The average molecular weight is 279 g/mol. The van der Waals surface area contributed by atoms with E-state index in [1.54, 1.807) is 0 Å². The van der Waals surface area contributed by atoms with Crippen LogP contribution in [0.1, 0.15) is 37.2 Å². The van der Waals surface area contributed by atoms with Crippen molar-refractivity contribution < 1.29 is 4.74 Å². The Morgan fingerprint density at radius 3 is 3.05 bits per heavy atom. The zero-order valence-electron chi connectivity index (χ0n) is 11.4. The summed E-state index contributed by atoms with van der Waals surface area (Å²) in [7, 11) is 0. The summed E-state index contributed by atoms with van der Waals surface area (Å²) < 4.78 is 8.08. The van der Waals surface area contributed by atoms with E-state index in [9.17, 15) is 0 Å². The van der Waals surface area contributed by atoms with Gasteiger partial charge in [-0.2, -0.15) is 0 Å². The highest BCUT2D eigenvalue weighted by molar-refractivity contribution is 6.16. The summed E-state index contributed by atoms with van der Waals surface area (Å²) in [5.41, 5.74) is 3.43. The first kappa shape index (κ1) is 12.9. The Labute approximate surface area is 118 Å². The molecule has 0 saturated carbocycles. The van der Waals surface area contributed by atoms with Crippen molar-refractivity contribution in [2.45, 2.75) is 44.7 Å². The quantitative estimate of drug-likeness (QED) is 0.798. The van der Waals surface area contributed by atoms with Gasteiger partial charge in [0, 0.05) is 6.61 Å². The second-order valence-corrected chi connectivity index (χ2v) is 5.58. The number of hydrogen-bond donors (Lipinski definition) is 0. The van der Waals surface area contributed by atoms with E-state index < -0.39 is 0 Å². The van der Waals surface area contributed by atoms with Gasteiger partial charge in [-0.15, -0.1) is 11.6 Å². The molecule has 102 valence electrons. The third-order valence-electron chi connectivity index (χ3n) is 3.95. The van der Waals surface area contributed by atoms with Crippen LogP contribution in [-0.4, -0.2) is 22.3 Å². The van der Waals surface area contributed by atoms with Crippen molar-refractivity contribution in [2.75, 3.05) is 6.61 Å². The van der Waals surface area contributed by atoms with Crippen molar-refractivity contribution in [1.29, 1.82) is 0 Å². The van der Waals surface area contributed by atoms with Gasteiger partial charge in [0.1, 0.15) is 5.82 Å². The molecule has 0 spiro atoms. The Morgan fingerprint density at radius 1 is 1.53 bits per heavy atom. The lowest BCUT2D eigenvalue weighted by atomic mass is 10.1. The summed E-state index contributed by atoms with van der Waals surface area (Å²) in [6, 6.07) is 6.63. The summed E-state index contributed by atoms with van der Waals surface area (Å²) >= 11 is 6.07. The van der Waals surface area contributed by atoms with Gasteiger partial charge in [0.15, 0.2) is 0 Å². The molecule has 0 amide bonds. The number of benzene rings is 1. The first-order valence-corrected chi connectivity index (χ1v) is 7.39. The molecule has 3 rings (SSSR count). The molecule has 1 saturated heterocycles. The van der Waals surface area contributed by atoms with Crippen LogP contribution < -0.4 is 0 Å². The molecule has 1 aliphatic heterocycles. The Bertz CT molecular complexity index is 587. The maximum Gasteiger partial charge on any atom is 0.125 e. The SMILES string of the molecule is Cc1ccc2nc(CCl)n(C(C)C3CCCO3)c2c1. The lowest BCUT2D eigenvalue weighted by Gasteiger charge is -2.22. The number of aromatic nitrogens is 2. The molecule has 1 aromatic carbocycles. The molecule has 0 bridgehead atoms. The standard InChI is InChI=1S/C15H19ClN2O/c1-10-5-6-12-13(8-10)18(15(9-16)17-12)11(2)14-4-3-7-19-14/h5-6,8,11,14H,3-4,7,9H2,1-2H3. The molecule has 0 aliphatic carbocycles. The zero-order valence-corrected chi connectivity index (χ0v) is 12.2. The van der Waals surface area contributed by atoms with Crippen molar-refractivity contribution in [1.82, 2.24) is 9.55 Å². The van der Waals surface area contributed by atoms with Gasteiger partial charge in [-0.1, -0.05) is 6.07 Å². The van der Waals surface area contributed by atoms with Gasteiger partial charge in [-0.25, -0.2) is 4.98 Å². The van der Waals surface area contributed by atoms with E-state index in [4.69, 9.17) is 16.3 Å². The lowest BCUT2D eigenvalue weighted by Crippen LogP contribution is -2.22. The van der Waals surface area contributed by atoms with Gasteiger partial charge in [0.05, 0.1) is 29.1 Å². The van der Waals surface area contributed by atoms with Crippen LogP contribution in [0.15, 0.2) is 18.2 Å². The highest BCUT2D eigenvalue weighted by Crippen LogP contribution is 2.30. The van der Waals surface area contributed by atoms with Crippen molar-refractivity contribution in [2.24, 2.45) is 0 Å². The highest BCUT2D eigenvalue weighted by atomic mass is 35.5. The van der Waals surface area contributed by atoms with Crippen molar-refractivity contribution >= 4 is 22.6 Å². The molecule has 0 radical (unpaired) electrons. The predicted octanol–water partition coefficient (Wildman–Crippen LogP) is 3.82. The number of aryl methyl sites for hydroxylation is 1. The Hall–Kier alpha value is -1.06. The third-order valence-corrected chi connectivity index (χ3v) is 4.19. The van der Waals surface area contributed by atoms with Crippen LogP contribution in [0.3, 0.4) is 0 Å². The van der Waals surface area contributed by atoms with Gasteiger partial charge in [0.25, 0.3) is 0 Å². The van der Waals surface area contributed by atoms with E-state index in [0.29, 0.717) is 5.88 Å². The van der Waals surface area contributed by atoms with Gasteiger partial charge in [0.2, 0.25) is 0 Å². The van der Waals surface area contributed by atoms with Crippen LogP contribution in [0.25, 0.3) is 11.0 Å². The van der Waals surface area contributed by atoms with E-state index in [0.717, 1.165) is 30.8 Å². The molecular weight excluding hydrogens is 260 g/mol. The van der Waals surface area contributed by atoms with E-state index >= 15 is 0 Å². The van der Waals surface area contributed by atoms with E-state index in [-0.39, 0.29) is 12.1 Å². The lowest BCUT2D eigenvalue weighted by molar-refractivity contribution is 0.0738. The fourth-order valence-corrected chi connectivity index (χ4v) is 3.14. The molecule has 1 aromatic heterocycles. The number of nitrogens with zero attached hydrogens (tertiary/aromatic N) is 2. The third kappa shape index (κ3) is 2.26. The van der Waals surface area contributed by atoms with Crippen LogP contribution in [0.2, 0.25) is 0 Å². The second kappa shape index (κ2) is 5.14. The molecule has 4 heteroatoms. The number of alkyl halides is 1. The highest BCUT2D eigenvalue weighted by Gasteiger charge is 2.26. The van der Waals surface area contributed by atoms with E-state index in [2.05, 4.69) is 41.6 Å². The number of hydrogen-bond acceptors (Lipinski definition) is 2. The number of imidazole rings is 1. The maximum atomic E-state index is 6.07. The molecule has 3 nitrogen and oxygen atoms in total. The molecule has 2 heterocycles. The van der Waals surface area contributed by atoms with E-state index in [1.807, 2.05) is 0 Å². The van der Waals surface area contributed by atoms with Gasteiger partial charge >= 0.3 is 0 Å². The summed E-state index contributed by atoms with van der Waals surface area (Å²) in [6.07, 6.45) is 2.55. The minimum Gasteiger partial charge on any atom is -0.376 e. The second-order valence-electron chi connectivity index (χ2n) is 5.32. The molecule has 19 heavy (non-hydrogen) atoms. The topological polar surface area (TPSA) is 27.1 Å². The molecular formula is C15H19ClN2O. The molecule has 0 N–H and O–H groups in total. The van der Waals surface area contributed by atoms with E-state index in [1.165, 1.54) is 11.1 Å². The summed E-state index contributed by atoms with van der Waals surface area (Å²) in [6.45, 7) is 5.18. The first-order chi connectivity index (χ1) is 9.20. The average Bonchev–Trinajstić information content (AvgIpc) is 3.04. The van der Waals surface area contributed by atoms with Crippen LogP contribution in [-0.2, 0) is 10.6 Å².